The van der Waals surface area contributed by atoms with Gasteiger partial charge >= 0.3 is 0 Å². The minimum Gasteiger partial charge on any atom is -0.342 e. The molecule has 0 atom stereocenters. The highest BCUT2D eigenvalue weighted by Crippen LogP contribution is 2.39. The number of amides is 1. The van der Waals surface area contributed by atoms with Crippen molar-refractivity contribution in [2.45, 2.75) is 50.4 Å². The first-order valence-electron chi connectivity index (χ1n) is 11.4. The predicted octanol–water partition coefficient (Wildman–Crippen LogP) is 4.86. The predicted molar refractivity (Wildman–Crippen MR) is 119 cm³/mol. The molecule has 3 nitrogen and oxygen atoms in total. The van der Waals surface area contributed by atoms with Gasteiger partial charge in [-0.15, -0.1) is 0 Å². The topological polar surface area (TPSA) is 23.6 Å². The van der Waals surface area contributed by atoms with Gasteiger partial charge in [-0.05, 0) is 69.3 Å². The lowest BCUT2D eigenvalue weighted by Crippen LogP contribution is -2.51. The number of hydrogen-bond acceptors (Lipinski definition) is 2. The van der Waals surface area contributed by atoms with Gasteiger partial charge < -0.3 is 9.80 Å². The van der Waals surface area contributed by atoms with Crippen molar-refractivity contribution in [1.82, 2.24) is 9.80 Å². The normalized spacial score (nSPS) is 18.6. The van der Waals surface area contributed by atoms with Gasteiger partial charge in [0.15, 0.2) is 0 Å². The minimum absolute atomic E-state index is 0.298. The number of nitrogens with zero attached hydrogens (tertiary/aromatic N) is 2. The molecule has 154 valence electrons. The van der Waals surface area contributed by atoms with E-state index in [4.69, 9.17) is 0 Å². The maximum atomic E-state index is 14.2. The summed E-state index contributed by atoms with van der Waals surface area (Å²) in [4.78, 5) is 18.9. The molecule has 2 aromatic carbocycles. The molecule has 2 aromatic rings. The number of carbonyl (C=O) groups is 1. The van der Waals surface area contributed by atoms with Crippen molar-refractivity contribution in [2.75, 3.05) is 32.7 Å². The third-order valence-electron chi connectivity index (χ3n) is 6.79. The molecule has 2 aliphatic heterocycles. The van der Waals surface area contributed by atoms with Crippen LogP contribution in [0.5, 0.6) is 0 Å². The van der Waals surface area contributed by atoms with Crippen LogP contribution in [0.15, 0.2) is 60.7 Å². The maximum absolute atomic E-state index is 14.2. The summed E-state index contributed by atoms with van der Waals surface area (Å²) in [6.45, 7) is 5.09. The molecule has 0 aliphatic carbocycles. The summed E-state index contributed by atoms with van der Waals surface area (Å²) in [6.07, 6.45) is 8.23. The largest absolute Gasteiger partial charge is 0.342 e. The zero-order valence-corrected chi connectivity index (χ0v) is 17.6. The van der Waals surface area contributed by atoms with Crippen molar-refractivity contribution >= 4 is 5.91 Å². The van der Waals surface area contributed by atoms with Gasteiger partial charge in [-0.3, -0.25) is 4.79 Å². The molecule has 2 aliphatic rings. The number of piperidine rings is 2. The summed E-state index contributed by atoms with van der Waals surface area (Å²) in [7, 11) is 0. The highest BCUT2D eigenvalue weighted by atomic mass is 16.2. The first kappa shape index (κ1) is 20.2. The Morgan fingerprint density at radius 2 is 1.17 bits per heavy atom. The summed E-state index contributed by atoms with van der Waals surface area (Å²) >= 11 is 0. The monoisotopic (exact) mass is 390 g/mol. The van der Waals surface area contributed by atoms with Crippen molar-refractivity contribution in [3.63, 3.8) is 0 Å². The third-order valence-corrected chi connectivity index (χ3v) is 6.79. The number of carbonyl (C=O) groups excluding carboxylic acids is 1. The van der Waals surface area contributed by atoms with Crippen LogP contribution in [0.1, 0.15) is 56.1 Å². The molecule has 0 spiro atoms. The average molecular weight is 391 g/mol. The van der Waals surface area contributed by atoms with Crippen molar-refractivity contribution in [3.05, 3.63) is 71.8 Å². The Morgan fingerprint density at radius 1 is 0.690 bits per heavy atom. The molecule has 0 bridgehead atoms. The van der Waals surface area contributed by atoms with Gasteiger partial charge in [0.25, 0.3) is 0 Å². The zero-order chi connectivity index (χ0) is 19.9. The Hall–Kier alpha value is -2.13. The number of likely N-dealkylation sites (tertiary alicyclic amines) is 2. The van der Waals surface area contributed by atoms with E-state index in [-0.39, 0.29) is 0 Å². The average Bonchev–Trinajstić information content (AvgIpc) is 2.82. The lowest BCUT2D eigenvalue weighted by molar-refractivity contribution is -0.137. The molecule has 4 rings (SSSR count). The van der Waals surface area contributed by atoms with Crippen LogP contribution in [0.2, 0.25) is 0 Å². The molecule has 29 heavy (non-hydrogen) atoms. The van der Waals surface area contributed by atoms with Crippen molar-refractivity contribution < 1.29 is 4.79 Å². The second-order valence-electron chi connectivity index (χ2n) is 8.64. The van der Waals surface area contributed by atoms with Gasteiger partial charge in [0, 0.05) is 13.1 Å². The Bertz CT molecular complexity index is 722. The summed E-state index contributed by atoms with van der Waals surface area (Å²) in [6, 6.07) is 21.1. The standard InChI is InChI=1S/C26H34N2O/c29-25(28-20-11-4-12-21-28)26(23-13-5-1-6-14-23,24-15-7-2-8-16-24)17-22-27-18-9-3-10-19-27/h1-2,5-8,13-16H,3-4,9-12,17-22H2. The molecule has 0 saturated carbocycles. The summed E-state index contributed by atoms with van der Waals surface area (Å²) in [5.41, 5.74) is 1.68. The molecule has 0 aromatic heterocycles. The van der Waals surface area contributed by atoms with E-state index in [1.165, 1.54) is 25.7 Å². The van der Waals surface area contributed by atoms with Crippen LogP contribution in [-0.4, -0.2) is 48.4 Å². The summed E-state index contributed by atoms with van der Waals surface area (Å²) in [5, 5.41) is 0. The Labute approximate surface area is 175 Å². The van der Waals surface area contributed by atoms with E-state index in [9.17, 15) is 4.79 Å². The lowest BCUT2D eigenvalue weighted by atomic mass is 9.70. The van der Waals surface area contributed by atoms with E-state index in [2.05, 4.69) is 70.5 Å². The lowest BCUT2D eigenvalue weighted by Gasteiger charge is -2.41. The van der Waals surface area contributed by atoms with Crippen LogP contribution in [-0.2, 0) is 10.2 Å². The van der Waals surface area contributed by atoms with E-state index < -0.39 is 5.41 Å². The molecular formula is C26H34N2O. The molecule has 3 heteroatoms. The number of rotatable bonds is 6. The third kappa shape index (κ3) is 4.40. The number of hydrogen-bond donors (Lipinski definition) is 0. The molecule has 0 radical (unpaired) electrons. The second kappa shape index (κ2) is 9.58. The summed E-state index contributed by atoms with van der Waals surface area (Å²) < 4.78 is 0. The molecule has 0 unspecified atom stereocenters. The van der Waals surface area contributed by atoms with Gasteiger partial charge in [0.05, 0.1) is 0 Å². The van der Waals surface area contributed by atoms with Gasteiger partial charge in [-0.25, -0.2) is 0 Å². The second-order valence-corrected chi connectivity index (χ2v) is 8.64. The van der Waals surface area contributed by atoms with E-state index in [0.717, 1.165) is 63.1 Å². The van der Waals surface area contributed by atoms with Gasteiger partial charge in [-0.1, -0.05) is 67.1 Å². The van der Waals surface area contributed by atoms with Crippen LogP contribution < -0.4 is 0 Å². The quantitative estimate of drug-likeness (QED) is 0.703. The van der Waals surface area contributed by atoms with Crippen LogP contribution in [0.3, 0.4) is 0 Å². The van der Waals surface area contributed by atoms with Gasteiger partial charge in [0.2, 0.25) is 5.91 Å². The first-order chi connectivity index (χ1) is 14.3. The fourth-order valence-corrected chi connectivity index (χ4v) is 5.13. The highest BCUT2D eigenvalue weighted by Gasteiger charge is 2.44. The highest BCUT2D eigenvalue weighted by molar-refractivity contribution is 5.92. The zero-order valence-electron chi connectivity index (χ0n) is 17.6. The Balaban J connectivity index is 1.74. The molecule has 0 N–H and O–H groups in total. The van der Waals surface area contributed by atoms with Crippen LogP contribution in [0.25, 0.3) is 0 Å². The fourth-order valence-electron chi connectivity index (χ4n) is 5.13. The van der Waals surface area contributed by atoms with Crippen LogP contribution in [0, 0.1) is 0 Å². The van der Waals surface area contributed by atoms with Crippen LogP contribution >= 0.6 is 0 Å². The molecular weight excluding hydrogens is 356 g/mol. The number of benzene rings is 2. The van der Waals surface area contributed by atoms with E-state index in [0.29, 0.717) is 5.91 Å². The van der Waals surface area contributed by atoms with Crippen molar-refractivity contribution in [2.24, 2.45) is 0 Å². The molecule has 1 amide bonds. The SMILES string of the molecule is O=C(N1CCCCC1)C(CCN1CCCCC1)(c1ccccc1)c1ccccc1. The van der Waals surface area contributed by atoms with E-state index >= 15 is 0 Å². The maximum Gasteiger partial charge on any atom is 0.237 e. The smallest absolute Gasteiger partial charge is 0.237 e. The fraction of sp³-hybridized carbons (Fsp3) is 0.500. The van der Waals surface area contributed by atoms with E-state index in [1.54, 1.807) is 0 Å². The Morgan fingerprint density at radius 3 is 1.69 bits per heavy atom. The van der Waals surface area contributed by atoms with Crippen molar-refractivity contribution in [1.29, 1.82) is 0 Å². The minimum atomic E-state index is -0.600. The molecule has 2 saturated heterocycles. The van der Waals surface area contributed by atoms with Gasteiger partial charge in [0.1, 0.15) is 5.41 Å². The van der Waals surface area contributed by atoms with E-state index in [1.807, 2.05) is 0 Å². The molecule has 2 fully saturated rings. The first-order valence-corrected chi connectivity index (χ1v) is 11.4. The van der Waals surface area contributed by atoms with Crippen LogP contribution in [0.4, 0.5) is 0 Å². The Kier molecular flexibility index (Phi) is 6.66. The summed E-state index contributed by atoms with van der Waals surface area (Å²) in [5.74, 6) is 0.298. The van der Waals surface area contributed by atoms with Gasteiger partial charge in [-0.2, -0.15) is 0 Å². The van der Waals surface area contributed by atoms with Crippen molar-refractivity contribution in [3.8, 4) is 0 Å². The molecule has 2 heterocycles.